The number of halogens is 2. The molecule has 1 aromatic rings. The summed E-state index contributed by atoms with van der Waals surface area (Å²) in [5.74, 6) is 0. The molecule has 6 heteroatoms. The minimum atomic E-state index is -0.552. The SMILES string of the molecule is Nc1c(Cl)cc(I)cc1[N+](=O)[O-]. The lowest BCUT2D eigenvalue weighted by molar-refractivity contribution is -0.384. The molecule has 0 aliphatic carbocycles. The number of benzene rings is 1. The van der Waals surface area contributed by atoms with E-state index in [1.165, 1.54) is 6.07 Å². The third-order valence-electron chi connectivity index (χ3n) is 1.27. The fraction of sp³-hybridized carbons (Fsp3) is 0. The molecule has 0 aromatic heterocycles. The van der Waals surface area contributed by atoms with Crippen LogP contribution >= 0.6 is 34.2 Å². The highest BCUT2D eigenvalue weighted by Gasteiger charge is 2.14. The Morgan fingerprint density at radius 1 is 1.58 bits per heavy atom. The number of hydrogen-bond donors (Lipinski definition) is 1. The van der Waals surface area contributed by atoms with Gasteiger partial charge in [-0.05, 0) is 28.7 Å². The summed E-state index contributed by atoms with van der Waals surface area (Å²) in [6.07, 6.45) is 0. The number of nitro groups is 1. The number of nitro benzene ring substituents is 1. The summed E-state index contributed by atoms with van der Waals surface area (Å²) < 4.78 is 0.693. The van der Waals surface area contributed by atoms with Crippen LogP contribution in [0.1, 0.15) is 0 Å². The van der Waals surface area contributed by atoms with Crippen molar-refractivity contribution in [2.75, 3.05) is 5.73 Å². The maximum Gasteiger partial charge on any atom is 0.294 e. The summed E-state index contributed by atoms with van der Waals surface area (Å²) in [6, 6.07) is 2.95. The molecule has 0 amide bonds. The zero-order valence-electron chi connectivity index (χ0n) is 5.75. The van der Waals surface area contributed by atoms with E-state index in [0.29, 0.717) is 3.57 Å². The third kappa shape index (κ3) is 1.78. The van der Waals surface area contributed by atoms with Gasteiger partial charge in [0.1, 0.15) is 5.69 Å². The molecule has 0 radical (unpaired) electrons. The van der Waals surface area contributed by atoms with Crippen molar-refractivity contribution >= 4 is 45.6 Å². The number of nitrogens with two attached hydrogens (primary N) is 1. The Morgan fingerprint density at radius 3 is 2.67 bits per heavy atom. The molecular weight excluding hydrogens is 294 g/mol. The standard InChI is InChI=1S/C6H4ClIN2O2/c7-4-1-3(8)2-5(6(4)9)10(11)12/h1-2H,9H2. The molecule has 1 rings (SSSR count). The van der Waals surface area contributed by atoms with Crippen molar-refractivity contribution < 1.29 is 4.92 Å². The molecule has 64 valence electrons. The smallest absolute Gasteiger partial charge is 0.294 e. The molecule has 12 heavy (non-hydrogen) atoms. The summed E-state index contributed by atoms with van der Waals surface area (Å²) in [7, 11) is 0. The average Bonchev–Trinajstić information content (AvgIpc) is 1.96. The van der Waals surface area contributed by atoms with Gasteiger partial charge in [0.05, 0.1) is 9.95 Å². The van der Waals surface area contributed by atoms with Gasteiger partial charge in [-0.3, -0.25) is 10.1 Å². The van der Waals surface area contributed by atoms with Crippen molar-refractivity contribution in [3.8, 4) is 0 Å². The van der Waals surface area contributed by atoms with Crippen LogP contribution in [0.2, 0.25) is 5.02 Å². The first-order chi connectivity index (χ1) is 5.52. The molecule has 0 unspecified atom stereocenters. The van der Waals surface area contributed by atoms with Crippen LogP contribution in [0.4, 0.5) is 11.4 Å². The minimum Gasteiger partial charge on any atom is -0.392 e. The zero-order chi connectivity index (χ0) is 9.30. The lowest BCUT2D eigenvalue weighted by atomic mass is 10.3. The van der Waals surface area contributed by atoms with E-state index >= 15 is 0 Å². The van der Waals surface area contributed by atoms with E-state index in [0.717, 1.165) is 0 Å². The molecule has 0 fully saturated rings. The molecule has 0 spiro atoms. The molecule has 0 aliphatic heterocycles. The molecule has 0 aliphatic rings. The maximum atomic E-state index is 10.4. The summed E-state index contributed by atoms with van der Waals surface area (Å²) in [5.41, 5.74) is 5.24. The van der Waals surface area contributed by atoms with E-state index in [9.17, 15) is 10.1 Å². The van der Waals surface area contributed by atoms with Crippen molar-refractivity contribution in [1.82, 2.24) is 0 Å². The van der Waals surface area contributed by atoms with Crippen LogP contribution in [-0.2, 0) is 0 Å². The highest BCUT2D eigenvalue weighted by atomic mass is 127. The first-order valence-electron chi connectivity index (χ1n) is 2.91. The van der Waals surface area contributed by atoms with Crippen LogP contribution in [0, 0.1) is 13.7 Å². The largest absolute Gasteiger partial charge is 0.392 e. The second kappa shape index (κ2) is 3.44. The highest BCUT2D eigenvalue weighted by Crippen LogP contribution is 2.31. The lowest BCUT2D eigenvalue weighted by Gasteiger charge is -1.99. The van der Waals surface area contributed by atoms with Gasteiger partial charge in [0.15, 0.2) is 0 Å². The Labute approximate surface area is 87.0 Å². The van der Waals surface area contributed by atoms with Crippen molar-refractivity contribution in [1.29, 1.82) is 0 Å². The van der Waals surface area contributed by atoms with Crippen LogP contribution in [0.15, 0.2) is 12.1 Å². The van der Waals surface area contributed by atoms with Gasteiger partial charge < -0.3 is 5.73 Å². The van der Waals surface area contributed by atoms with Crippen molar-refractivity contribution in [2.24, 2.45) is 0 Å². The second-order valence-electron chi connectivity index (χ2n) is 2.08. The van der Waals surface area contributed by atoms with E-state index in [2.05, 4.69) is 0 Å². The van der Waals surface area contributed by atoms with Gasteiger partial charge in [-0.25, -0.2) is 0 Å². The summed E-state index contributed by atoms with van der Waals surface area (Å²) in [6.45, 7) is 0. The predicted octanol–water partition coefficient (Wildman–Crippen LogP) is 2.44. The van der Waals surface area contributed by atoms with Gasteiger partial charge in [-0.15, -0.1) is 0 Å². The Morgan fingerprint density at radius 2 is 2.17 bits per heavy atom. The Balaban J connectivity index is 3.37. The van der Waals surface area contributed by atoms with Crippen LogP contribution in [-0.4, -0.2) is 4.92 Å². The van der Waals surface area contributed by atoms with Gasteiger partial charge in [-0.2, -0.15) is 0 Å². The molecule has 1 aromatic carbocycles. The molecule has 0 atom stereocenters. The third-order valence-corrected chi connectivity index (χ3v) is 2.20. The summed E-state index contributed by atoms with van der Waals surface area (Å²) in [5, 5.41) is 10.6. The fourth-order valence-electron chi connectivity index (χ4n) is 0.722. The van der Waals surface area contributed by atoms with E-state index in [1.54, 1.807) is 6.07 Å². The van der Waals surface area contributed by atoms with Crippen LogP contribution in [0.5, 0.6) is 0 Å². The average molecular weight is 298 g/mol. The van der Waals surface area contributed by atoms with Crippen molar-refractivity contribution in [2.45, 2.75) is 0 Å². The topological polar surface area (TPSA) is 69.2 Å². The fourth-order valence-corrected chi connectivity index (χ4v) is 1.73. The Bertz CT molecular complexity index is 343. The van der Waals surface area contributed by atoms with E-state index in [-0.39, 0.29) is 16.4 Å². The normalized spacial score (nSPS) is 9.83. The predicted molar refractivity (Wildman–Crippen MR) is 55.2 cm³/mol. The molecule has 0 heterocycles. The van der Waals surface area contributed by atoms with E-state index in [4.69, 9.17) is 17.3 Å². The monoisotopic (exact) mass is 298 g/mol. The van der Waals surface area contributed by atoms with Gasteiger partial charge in [0.25, 0.3) is 5.69 Å². The molecule has 4 nitrogen and oxygen atoms in total. The molecule has 0 bridgehead atoms. The van der Waals surface area contributed by atoms with Crippen LogP contribution in [0.25, 0.3) is 0 Å². The molecule has 0 saturated heterocycles. The molecular formula is C6H4ClIN2O2. The second-order valence-corrected chi connectivity index (χ2v) is 3.73. The Kier molecular flexibility index (Phi) is 2.73. The van der Waals surface area contributed by atoms with Crippen molar-refractivity contribution in [3.05, 3.63) is 30.8 Å². The summed E-state index contributed by atoms with van der Waals surface area (Å²) >= 11 is 7.57. The first kappa shape index (κ1) is 9.53. The number of anilines is 1. The van der Waals surface area contributed by atoms with Crippen molar-refractivity contribution in [3.63, 3.8) is 0 Å². The first-order valence-corrected chi connectivity index (χ1v) is 4.37. The number of hydrogen-bond acceptors (Lipinski definition) is 3. The minimum absolute atomic E-state index is 0.0158. The Hall–Kier alpha value is -0.560. The quantitative estimate of drug-likeness (QED) is 0.375. The van der Waals surface area contributed by atoms with E-state index in [1.807, 2.05) is 22.6 Å². The van der Waals surface area contributed by atoms with Gasteiger partial charge in [0.2, 0.25) is 0 Å². The zero-order valence-corrected chi connectivity index (χ0v) is 8.67. The van der Waals surface area contributed by atoms with Gasteiger partial charge >= 0.3 is 0 Å². The molecule has 0 saturated carbocycles. The van der Waals surface area contributed by atoms with E-state index < -0.39 is 4.92 Å². The highest BCUT2D eigenvalue weighted by molar-refractivity contribution is 14.1. The summed E-state index contributed by atoms with van der Waals surface area (Å²) in [4.78, 5) is 9.84. The maximum absolute atomic E-state index is 10.4. The van der Waals surface area contributed by atoms with Crippen LogP contribution < -0.4 is 5.73 Å². The number of nitrogen functional groups attached to an aromatic ring is 1. The van der Waals surface area contributed by atoms with Gasteiger partial charge in [-0.1, -0.05) is 11.6 Å². The lowest BCUT2D eigenvalue weighted by Crippen LogP contribution is -1.96. The molecule has 2 N–H and O–H groups in total. The van der Waals surface area contributed by atoms with Gasteiger partial charge in [0, 0.05) is 9.64 Å². The number of rotatable bonds is 1. The van der Waals surface area contributed by atoms with Crippen LogP contribution in [0.3, 0.4) is 0 Å². The number of nitrogens with zero attached hydrogens (tertiary/aromatic N) is 1.